The molecule has 0 amide bonds. The van der Waals surface area contributed by atoms with Gasteiger partial charge < -0.3 is 4.90 Å². The van der Waals surface area contributed by atoms with Gasteiger partial charge in [-0.1, -0.05) is 23.2 Å². The molecule has 3 rings (SSSR count). The zero-order chi connectivity index (χ0) is 19.1. The lowest BCUT2D eigenvalue weighted by Gasteiger charge is -2.35. The summed E-state index contributed by atoms with van der Waals surface area (Å²) in [4.78, 5) is 8.06. The number of alkyl halides is 3. The number of hydrogen-bond donors (Lipinski definition) is 0. The van der Waals surface area contributed by atoms with Crippen LogP contribution >= 0.6 is 23.2 Å². The fraction of sp³-hybridized carbons (Fsp3) is 0.500. The average molecular weight is 408 g/mol. The molecule has 2 aromatic rings. The number of rotatable bonds is 3. The molecule has 3 heterocycles. The van der Waals surface area contributed by atoms with Crippen LogP contribution in [0.15, 0.2) is 12.3 Å². The second kappa shape index (κ2) is 7.25. The first kappa shape index (κ1) is 19.3. The molecule has 0 bridgehead atoms. The monoisotopic (exact) mass is 407 g/mol. The topological polar surface area (TPSA) is 37.2 Å². The van der Waals surface area contributed by atoms with Crippen LogP contribution in [-0.4, -0.2) is 45.8 Å². The molecule has 0 atom stereocenters. The Balaban J connectivity index is 1.65. The molecule has 5 nitrogen and oxygen atoms in total. The van der Waals surface area contributed by atoms with E-state index < -0.39 is 11.7 Å². The minimum atomic E-state index is -4.45. The summed E-state index contributed by atoms with van der Waals surface area (Å²) in [5.41, 5.74) is 1.05. The van der Waals surface area contributed by atoms with Crippen LogP contribution in [-0.2, 0) is 19.8 Å². The summed E-state index contributed by atoms with van der Waals surface area (Å²) in [5.74, 6) is 0.384. The smallest absolute Gasteiger partial charge is 0.353 e. The van der Waals surface area contributed by atoms with E-state index in [2.05, 4.69) is 15.0 Å². The van der Waals surface area contributed by atoms with Crippen molar-refractivity contribution in [3.8, 4) is 0 Å². The van der Waals surface area contributed by atoms with E-state index >= 15 is 0 Å². The molecule has 2 aromatic heterocycles. The van der Waals surface area contributed by atoms with Gasteiger partial charge in [-0.05, 0) is 13.0 Å². The van der Waals surface area contributed by atoms with Crippen LogP contribution in [0.3, 0.4) is 0 Å². The Labute approximate surface area is 159 Å². The zero-order valence-electron chi connectivity index (χ0n) is 14.3. The number of halogens is 5. The molecule has 0 aromatic carbocycles. The Morgan fingerprint density at radius 2 is 1.81 bits per heavy atom. The van der Waals surface area contributed by atoms with Crippen LogP contribution in [0.4, 0.5) is 19.0 Å². The van der Waals surface area contributed by atoms with Crippen molar-refractivity contribution >= 4 is 29.0 Å². The van der Waals surface area contributed by atoms with E-state index in [0.29, 0.717) is 30.6 Å². The fourth-order valence-corrected chi connectivity index (χ4v) is 3.53. The number of anilines is 1. The lowest BCUT2D eigenvalue weighted by atomic mass is 10.2. The Morgan fingerprint density at radius 3 is 2.31 bits per heavy atom. The van der Waals surface area contributed by atoms with Gasteiger partial charge in [-0.25, -0.2) is 4.98 Å². The second-order valence-electron chi connectivity index (χ2n) is 6.27. The second-order valence-corrected chi connectivity index (χ2v) is 7.03. The molecular formula is C16H18Cl2F3N5. The molecule has 10 heteroatoms. The molecule has 0 radical (unpaired) electrons. The van der Waals surface area contributed by atoms with E-state index in [1.54, 1.807) is 11.7 Å². The number of pyridine rings is 1. The molecule has 1 aliphatic rings. The molecule has 1 fully saturated rings. The Kier molecular flexibility index (Phi) is 5.37. The van der Waals surface area contributed by atoms with Crippen molar-refractivity contribution in [2.24, 2.45) is 7.05 Å². The number of hydrogen-bond acceptors (Lipinski definition) is 4. The quantitative estimate of drug-likeness (QED) is 0.775. The summed E-state index contributed by atoms with van der Waals surface area (Å²) < 4.78 is 39.8. The third kappa shape index (κ3) is 3.92. The largest absolute Gasteiger partial charge is 0.417 e. The lowest BCUT2D eigenvalue weighted by Crippen LogP contribution is -2.46. The molecule has 0 N–H and O–H groups in total. The van der Waals surface area contributed by atoms with Crippen molar-refractivity contribution in [1.82, 2.24) is 19.7 Å². The van der Waals surface area contributed by atoms with Gasteiger partial charge in [-0.2, -0.15) is 18.3 Å². The van der Waals surface area contributed by atoms with Crippen molar-refractivity contribution in [2.45, 2.75) is 19.6 Å². The molecule has 0 saturated carbocycles. The van der Waals surface area contributed by atoms with Gasteiger partial charge in [0.2, 0.25) is 0 Å². The van der Waals surface area contributed by atoms with Crippen molar-refractivity contribution in [1.29, 1.82) is 0 Å². The maximum absolute atomic E-state index is 12.7. The summed E-state index contributed by atoms with van der Waals surface area (Å²) in [5, 5.41) is 4.94. The van der Waals surface area contributed by atoms with Gasteiger partial charge in [-0.3, -0.25) is 9.58 Å². The predicted molar refractivity (Wildman–Crippen MR) is 94.7 cm³/mol. The summed E-state index contributed by atoms with van der Waals surface area (Å²) in [6.07, 6.45) is -3.62. The average Bonchev–Trinajstić information content (AvgIpc) is 2.81. The van der Waals surface area contributed by atoms with Crippen molar-refractivity contribution in [2.75, 3.05) is 31.1 Å². The van der Waals surface area contributed by atoms with E-state index in [-0.39, 0.29) is 5.02 Å². The zero-order valence-corrected chi connectivity index (χ0v) is 15.8. The number of nitrogens with zero attached hydrogens (tertiary/aromatic N) is 5. The Morgan fingerprint density at radius 1 is 1.15 bits per heavy atom. The summed E-state index contributed by atoms with van der Waals surface area (Å²) in [6.45, 7) is 5.29. The van der Waals surface area contributed by atoms with Crippen molar-refractivity contribution in [3.05, 3.63) is 39.3 Å². The molecule has 1 aliphatic heterocycles. The lowest BCUT2D eigenvalue weighted by molar-refractivity contribution is -0.137. The summed E-state index contributed by atoms with van der Waals surface area (Å²) in [6, 6.07) is 0.926. The first-order valence-electron chi connectivity index (χ1n) is 8.05. The Bertz CT molecular complexity index is 798. The highest BCUT2D eigenvalue weighted by molar-refractivity contribution is 6.33. The van der Waals surface area contributed by atoms with Gasteiger partial charge in [0.1, 0.15) is 11.0 Å². The third-order valence-corrected chi connectivity index (χ3v) is 5.22. The fourth-order valence-electron chi connectivity index (χ4n) is 3.01. The van der Waals surface area contributed by atoms with Crippen LogP contribution in [0.1, 0.15) is 16.8 Å². The maximum atomic E-state index is 12.7. The highest BCUT2D eigenvalue weighted by Gasteiger charge is 2.32. The van der Waals surface area contributed by atoms with E-state index in [4.69, 9.17) is 23.2 Å². The van der Waals surface area contributed by atoms with Gasteiger partial charge in [0.15, 0.2) is 0 Å². The third-order valence-electron chi connectivity index (χ3n) is 4.47. The van der Waals surface area contributed by atoms with E-state index in [9.17, 15) is 13.2 Å². The van der Waals surface area contributed by atoms with Crippen molar-refractivity contribution in [3.63, 3.8) is 0 Å². The van der Waals surface area contributed by atoms with Gasteiger partial charge >= 0.3 is 6.18 Å². The van der Waals surface area contributed by atoms with Crippen LogP contribution in [0.5, 0.6) is 0 Å². The van der Waals surface area contributed by atoms with Gasteiger partial charge in [0.25, 0.3) is 0 Å². The molecule has 0 spiro atoms. The minimum Gasteiger partial charge on any atom is -0.353 e. The predicted octanol–water partition coefficient (Wildman–Crippen LogP) is 3.77. The highest BCUT2D eigenvalue weighted by Crippen LogP contribution is 2.33. The van der Waals surface area contributed by atoms with Crippen molar-refractivity contribution < 1.29 is 13.2 Å². The minimum absolute atomic E-state index is 0.0134. The maximum Gasteiger partial charge on any atom is 0.417 e. The molecule has 0 aliphatic carbocycles. The van der Waals surface area contributed by atoms with Gasteiger partial charge in [0, 0.05) is 51.5 Å². The van der Waals surface area contributed by atoms with Crippen LogP contribution in [0.2, 0.25) is 10.2 Å². The normalized spacial score (nSPS) is 16.3. The van der Waals surface area contributed by atoms with Crippen LogP contribution in [0, 0.1) is 6.92 Å². The molecule has 0 unspecified atom stereocenters. The number of aromatic nitrogens is 3. The molecular weight excluding hydrogens is 390 g/mol. The van der Waals surface area contributed by atoms with Gasteiger partial charge in [0.05, 0.1) is 16.3 Å². The van der Waals surface area contributed by atoms with E-state index in [0.717, 1.165) is 36.6 Å². The highest BCUT2D eigenvalue weighted by atomic mass is 35.5. The van der Waals surface area contributed by atoms with Gasteiger partial charge in [-0.15, -0.1) is 0 Å². The van der Waals surface area contributed by atoms with E-state index in [1.165, 1.54) is 0 Å². The number of piperazine rings is 1. The first-order valence-corrected chi connectivity index (χ1v) is 8.80. The van der Waals surface area contributed by atoms with Crippen LogP contribution < -0.4 is 4.90 Å². The molecule has 1 saturated heterocycles. The SMILES string of the molecule is Cc1nn(C)c(Cl)c1CN1CCN(c2ncc(C(F)(F)F)cc2Cl)CC1. The first-order chi connectivity index (χ1) is 12.2. The number of aryl methyl sites for hydroxylation is 2. The summed E-state index contributed by atoms with van der Waals surface area (Å²) in [7, 11) is 1.80. The Hall–Kier alpha value is -1.51. The standard InChI is InChI=1S/C16H18Cl2F3N5/c1-10-12(14(18)24(2)23-10)9-25-3-5-26(6-4-25)15-13(17)7-11(8-22-15)16(19,20)21/h7-8H,3-6,9H2,1-2H3. The van der Waals surface area contributed by atoms with E-state index in [1.807, 2.05) is 11.8 Å². The summed E-state index contributed by atoms with van der Waals surface area (Å²) >= 11 is 12.3. The van der Waals surface area contributed by atoms with Crippen LogP contribution in [0.25, 0.3) is 0 Å². The molecule has 142 valence electrons. The molecule has 26 heavy (non-hydrogen) atoms.